The van der Waals surface area contributed by atoms with E-state index >= 15 is 0 Å². The van der Waals surface area contributed by atoms with Crippen LogP contribution in [0.4, 0.5) is 42.0 Å². The van der Waals surface area contributed by atoms with Gasteiger partial charge in [0.25, 0.3) is 0 Å². The summed E-state index contributed by atoms with van der Waals surface area (Å²) in [6.45, 7) is 5.15. The summed E-state index contributed by atoms with van der Waals surface area (Å²) >= 11 is 6.05. The molecule has 0 atom stereocenters. The number of amides is 1. The van der Waals surface area contributed by atoms with Crippen molar-refractivity contribution in [3.8, 4) is 5.75 Å². The Morgan fingerprint density at radius 3 is 2.55 bits per heavy atom. The summed E-state index contributed by atoms with van der Waals surface area (Å²) in [4.78, 5) is 23.4. The number of carbonyl (C=O) groups excluding carboxylic acids is 1. The molecule has 2 heterocycles. The van der Waals surface area contributed by atoms with Crippen LogP contribution in [0.1, 0.15) is 11.1 Å². The minimum Gasteiger partial charge on any atom is -0.495 e. The molecule has 1 aromatic carbocycles. The van der Waals surface area contributed by atoms with Crippen molar-refractivity contribution in [1.29, 1.82) is 0 Å². The van der Waals surface area contributed by atoms with Gasteiger partial charge in [-0.2, -0.15) is 18.2 Å². The molecule has 0 saturated carbocycles. The Kier molecular flexibility index (Phi) is 7.02. The summed E-state index contributed by atoms with van der Waals surface area (Å²) in [6, 6.07) is 6.28. The summed E-state index contributed by atoms with van der Waals surface area (Å²) in [5.74, 6) is -0.865. The van der Waals surface area contributed by atoms with Crippen LogP contribution in [0, 0.1) is 6.92 Å². The van der Waals surface area contributed by atoms with Gasteiger partial charge in [0.05, 0.1) is 30.4 Å². The number of halogens is 4. The van der Waals surface area contributed by atoms with Gasteiger partial charge in [0, 0.05) is 12.3 Å². The van der Waals surface area contributed by atoms with Crippen LogP contribution in [-0.4, -0.2) is 28.0 Å². The number of benzene rings is 1. The maximum absolute atomic E-state index is 13.6. The van der Waals surface area contributed by atoms with Crippen LogP contribution in [0.15, 0.2) is 49.3 Å². The van der Waals surface area contributed by atoms with E-state index in [0.29, 0.717) is 11.9 Å². The number of ether oxygens (including phenoxy) is 1. The summed E-state index contributed by atoms with van der Waals surface area (Å²) < 4.78 is 46.0. The summed E-state index contributed by atoms with van der Waals surface area (Å²) in [7, 11) is 1.43. The van der Waals surface area contributed by atoms with E-state index in [9.17, 15) is 18.0 Å². The van der Waals surface area contributed by atoms with Crippen molar-refractivity contribution < 1.29 is 22.7 Å². The molecule has 0 bridgehead atoms. The highest BCUT2D eigenvalue weighted by molar-refractivity contribution is 6.32. The van der Waals surface area contributed by atoms with E-state index in [1.807, 2.05) is 0 Å². The first-order chi connectivity index (χ1) is 15.6. The number of rotatable bonds is 7. The highest BCUT2D eigenvalue weighted by Crippen LogP contribution is 2.37. The quantitative estimate of drug-likeness (QED) is 0.305. The molecule has 0 unspecified atom stereocenters. The molecule has 0 aliphatic rings. The molecule has 2 aromatic heterocycles. The smallest absolute Gasteiger partial charge is 0.421 e. The van der Waals surface area contributed by atoms with Crippen LogP contribution in [0.3, 0.4) is 0 Å². The third-order valence-electron chi connectivity index (χ3n) is 4.26. The Labute approximate surface area is 191 Å². The summed E-state index contributed by atoms with van der Waals surface area (Å²) in [5.41, 5.74) is 0.342. The van der Waals surface area contributed by atoms with Crippen LogP contribution in [0.2, 0.25) is 5.15 Å². The van der Waals surface area contributed by atoms with Gasteiger partial charge in [-0.25, -0.2) is 9.97 Å². The van der Waals surface area contributed by atoms with E-state index in [-0.39, 0.29) is 28.2 Å². The molecule has 1 amide bonds. The molecule has 33 heavy (non-hydrogen) atoms. The normalized spacial score (nSPS) is 11.0. The number of alkyl halides is 3. The van der Waals surface area contributed by atoms with Crippen LogP contribution < -0.4 is 20.7 Å². The van der Waals surface area contributed by atoms with E-state index in [0.717, 1.165) is 11.6 Å². The SMILES string of the molecule is C=CC(=O)Nc1cc(C)ccc1Nc1nc(Nc2cc(OC)cnc2Cl)ncc1C(F)(F)F. The number of methoxy groups -OCH3 is 1. The van der Waals surface area contributed by atoms with E-state index in [1.165, 1.54) is 25.4 Å². The van der Waals surface area contributed by atoms with Crippen molar-refractivity contribution >= 4 is 46.3 Å². The lowest BCUT2D eigenvalue weighted by Crippen LogP contribution is -2.14. The number of hydrogen-bond donors (Lipinski definition) is 3. The molecule has 12 heteroatoms. The fourth-order valence-corrected chi connectivity index (χ4v) is 2.83. The summed E-state index contributed by atoms with van der Waals surface area (Å²) in [5, 5.41) is 7.96. The van der Waals surface area contributed by atoms with Crippen molar-refractivity contribution in [3.05, 3.63) is 65.6 Å². The van der Waals surface area contributed by atoms with Crippen molar-refractivity contribution in [2.75, 3.05) is 23.1 Å². The van der Waals surface area contributed by atoms with Gasteiger partial charge >= 0.3 is 6.18 Å². The molecule has 0 fully saturated rings. The third kappa shape index (κ3) is 5.89. The lowest BCUT2D eigenvalue weighted by Gasteiger charge is -2.17. The summed E-state index contributed by atoms with van der Waals surface area (Å²) in [6.07, 6.45) is -1.68. The van der Waals surface area contributed by atoms with Crippen LogP contribution >= 0.6 is 11.6 Å². The zero-order chi connectivity index (χ0) is 24.2. The number of nitrogens with zero attached hydrogens (tertiary/aromatic N) is 3. The first kappa shape index (κ1) is 23.8. The van der Waals surface area contributed by atoms with Crippen LogP contribution in [0.5, 0.6) is 5.75 Å². The minimum atomic E-state index is -4.74. The number of hydrogen-bond acceptors (Lipinski definition) is 7. The van der Waals surface area contributed by atoms with Crippen LogP contribution in [-0.2, 0) is 11.0 Å². The Morgan fingerprint density at radius 2 is 1.88 bits per heavy atom. The Hall–Kier alpha value is -3.86. The van der Waals surface area contributed by atoms with Gasteiger partial charge in [-0.3, -0.25) is 4.79 Å². The molecule has 0 spiro atoms. The lowest BCUT2D eigenvalue weighted by molar-refractivity contribution is -0.137. The molecule has 3 N–H and O–H groups in total. The first-order valence-electron chi connectivity index (χ1n) is 9.32. The van der Waals surface area contributed by atoms with E-state index in [2.05, 4.69) is 37.5 Å². The molecule has 0 radical (unpaired) electrons. The maximum atomic E-state index is 13.6. The molecule has 3 aromatic rings. The molecule has 3 rings (SSSR count). The van der Waals surface area contributed by atoms with Gasteiger partial charge in [-0.1, -0.05) is 24.2 Å². The number of carbonyl (C=O) groups is 1. The highest BCUT2D eigenvalue weighted by atomic mass is 35.5. The second-order valence-electron chi connectivity index (χ2n) is 6.66. The fourth-order valence-electron chi connectivity index (χ4n) is 2.68. The number of anilines is 5. The van der Waals surface area contributed by atoms with Gasteiger partial charge in [-0.05, 0) is 30.7 Å². The molecule has 172 valence electrons. The lowest BCUT2D eigenvalue weighted by atomic mass is 10.1. The van der Waals surface area contributed by atoms with Crippen molar-refractivity contribution in [2.45, 2.75) is 13.1 Å². The van der Waals surface area contributed by atoms with Gasteiger partial charge in [0.2, 0.25) is 11.9 Å². The standard InChI is InChI=1S/C21H18ClF3N6O2/c1-4-17(32)28-15-7-11(2)5-6-14(15)29-19-13(21(23,24)25)10-27-20(31-19)30-16-8-12(33-3)9-26-18(16)22/h4-10H,1H2,2-3H3,(H,28,32)(H2,27,29,30,31). The van der Waals surface area contributed by atoms with Crippen molar-refractivity contribution in [3.63, 3.8) is 0 Å². The van der Waals surface area contributed by atoms with E-state index < -0.39 is 23.5 Å². The number of aryl methyl sites for hydroxylation is 1. The Morgan fingerprint density at radius 1 is 1.12 bits per heavy atom. The van der Waals surface area contributed by atoms with Gasteiger partial charge in [0.1, 0.15) is 17.1 Å². The molecular weight excluding hydrogens is 461 g/mol. The van der Waals surface area contributed by atoms with Gasteiger partial charge in [-0.15, -0.1) is 0 Å². The second kappa shape index (κ2) is 9.74. The number of aromatic nitrogens is 3. The van der Waals surface area contributed by atoms with E-state index in [4.69, 9.17) is 16.3 Å². The van der Waals surface area contributed by atoms with Gasteiger partial charge in [0.15, 0.2) is 5.15 Å². The van der Waals surface area contributed by atoms with Crippen LogP contribution in [0.25, 0.3) is 0 Å². The van der Waals surface area contributed by atoms with E-state index in [1.54, 1.807) is 19.1 Å². The number of pyridine rings is 1. The third-order valence-corrected chi connectivity index (χ3v) is 4.56. The Bertz CT molecular complexity index is 1200. The Balaban J connectivity index is 2.02. The molecular formula is C21H18ClF3N6O2. The molecule has 0 aliphatic carbocycles. The average Bonchev–Trinajstić information content (AvgIpc) is 2.76. The zero-order valence-corrected chi connectivity index (χ0v) is 18.2. The highest BCUT2D eigenvalue weighted by Gasteiger charge is 2.35. The maximum Gasteiger partial charge on any atom is 0.421 e. The molecule has 0 aliphatic heterocycles. The average molecular weight is 479 g/mol. The zero-order valence-electron chi connectivity index (χ0n) is 17.4. The molecule has 0 saturated heterocycles. The van der Waals surface area contributed by atoms with Gasteiger partial charge < -0.3 is 20.7 Å². The predicted octanol–water partition coefficient (Wildman–Crippen LogP) is 5.47. The minimum absolute atomic E-state index is 0.0433. The van der Waals surface area contributed by atoms with Crippen molar-refractivity contribution in [1.82, 2.24) is 15.0 Å². The number of nitrogens with one attached hydrogen (secondary N) is 3. The fraction of sp³-hybridized carbons (Fsp3) is 0.143. The first-order valence-corrected chi connectivity index (χ1v) is 9.70. The topological polar surface area (TPSA) is 101 Å². The monoisotopic (exact) mass is 478 g/mol. The largest absolute Gasteiger partial charge is 0.495 e. The predicted molar refractivity (Wildman–Crippen MR) is 119 cm³/mol. The molecule has 8 nitrogen and oxygen atoms in total. The van der Waals surface area contributed by atoms with Crippen molar-refractivity contribution in [2.24, 2.45) is 0 Å². The second-order valence-corrected chi connectivity index (χ2v) is 7.02.